The fourth-order valence-electron chi connectivity index (χ4n) is 5.34. The lowest BCUT2D eigenvalue weighted by Gasteiger charge is -2.17. The number of aliphatic carboxylic acids is 1. The highest BCUT2D eigenvalue weighted by molar-refractivity contribution is 5.84. The molecule has 2 heterocycles. The van der Waals surface area contributed by atoms with Crippen molar-refractivity contribution in [2.45, 2.75) is 53.6 Å². The third-order valence-corrected chi connectivity index (χ3v) is 7.73. The number of carboxylic acid groups (broad SMARTS) is 1. The van der Waals surface area contributed by atoms with Gasteiger partial charge in [-0.1, -0.05) is 26.0 Å². The molecule has 1 N–H and O–H groups in total. The first kappa shape index (κ1) is 30.3. The van der Waals surface area contributed by atoms with Crippen molar-refractivity contribution in [1.82, 2.24) is 14.2 Å². The zero-order chi connectivity index (χ0) is 31.7. The van der Waals surface area contributed by atoms with E-state index in [0.717, 1.165) is 45.1 Å². The van der Waals surface area contributed by atoms with Gasteiger partial charge in [0.25, 0.3) is 5.56 Å². The normalized spacial score (nSPS) is 12.3. The average molecular weight is 593 g/mol. The first-order chi connectivity index (χ1) is 21.0. The molecule has 226 valence electrons. The zero-order valence-electron chi connectivity index (χ0n) is 26.0. The second-order valence-corrected chi connectivity index (χ2v) is 11.1. The zero-order valence-corrected chi connectivity index (χ0v) is 26.0. The van der Waals surface area contributed by atoms with Crippen molar-refractivity contribution in [3.05, 3.63) is 105 Å². The van der Waals surface area contributed by atoms with Crippen LogP contribution in [0, 0.1) is 20.8 Å². The monoisotopic (exact) mass is 592 g/mol. The fourth-order valence-corrected chi connectivity index (χ4v) is 5.34. The number of benzene rings is 3. The molecule has 0 spiro atoms. The van der Waals surface area contributed by atoms with Gasteiger partial charge in [0.1, 0.15) is 11.5 Å². The van der Waals surface area contributed by atoms with Gasteiger partial charge >= 0.3 is 5.97 Å². The van der Waals surface area contributed by atoms with Crippen molar-refractivity contribution in [3.8, 4) is 28.6 Å². The summed E-state index contributed by atoms with van der Waals surface area (Å²) in [6.45, 7) is 11.6. The number of fused-ring (bicyclic) bond motifs is 1. The first-order valence-corrected chi connectivity index (χ1v) is 14.4. The summed E-state index contributed by atoms with van der Waals surface area (Å²) in [4.78, 5) is 29.9. The Morgan fingerprint density at radius 2 is 1.70 bits per heavy atom. The quantitative estimate of drug-likeness (QED) is 0.192. The van der Waals surface area contributed by atoms with Crippen molar-refractivity contribution in [2.24, 2.45) is 5.10 Å². The van der Waals surface area contributed by atoms with Crippen molar-refractivity contribution >= 4 is 23.1 Å². The van der Waals surface area contributed by atoms with Gasteiger partial charge in [0.15, 0.2) is 11.9 Å². The van der Waals surface area contributed by atoms with Gasteiger partial charge in [0, 0.05) is 28.2 Å². The average Bonchev–Trinajstić information content (AvgIpc) is 3.28. The Bertz CT molecular complexity index is 1950. The summed E-state index contributed by atoms with van der Waals surface area (Å²) in [6, 6.07) is 20.6. The molecule has 3 aromatic carbocycles. The van der Waals surface area contributed by atoms with Gasteiger partial charge in [0.05, 0.1) is 24.2 Å². The Hall–Kier alpha value is -5.18. The van der Waals surface area contributed by atoms with Crippen LogP contribution in [0.15, 0.2) is 76.6 Å². The lowest BCUT2D eigenvalue weighted by molar-refractivity contribution is -0.144. The van der Waals surface area contributed by atoms with Gasteiger partial charge in [0.2, 0.25) is 0 Å². The Labute approximate surface area is 256 Å². The number of hydrogen-bond acceptors (Lipinski definition) is 6. The molecule has 1 atom stereocenters. The second-order valence-electron chi connectivity index (χ2n) is 11.1. The highest BCUT2D eigenvalue weighted by atomic mass is 16.5. The minimum Gasteiger partial charge on any atom is -0.496 e. The largest absolute Gasteiger partial charge is 0.496 e. The molecule has 5 aromatic rings. The van der Waals surface area contributed by atoms with Crippen molar-refractivity contribution in [1.29, 1.82) is 0 Å². The summed E-state index contributed by atoms with van der Waals surface area (Å²) in [5.74, 6) is 0.884. The van der Waals surface area contributed by atoms with Gasteiger partial charge in [-0.05, 0) is 99.3 Å². The van der Waals surface area contributed by atoms with E-state index in [1.54, 1.807) is 31.5 Å². The lowest BCUT2D eigenvalue weighted by Crippen LogP contribution is -2.22. The maximum absolute atomic E-state index is 13.9. The SMILES string of the molecule is COc1cc(C)c(-c2nc3ccccc3c(=O)n2N=Cc2cc(C)n(-c3ccc(O[C@H](C)C(=O)O)cc3)c2C)cc1C(C)C. The van der Waals surface area contributed by atoms with E-state index in [9.17, 15) is 9.59 Å². The number of carboxylic acids is 1. The van der Waals surface area contributed by atoms with Crippen LogP contribution in [0.25, 0.3) is 28.0 Å². The molecule has 5 rings (SSSR count). The van der Waals surface area contributed by atoms with Crippen LogP contribution in [0.1, 0.15) is 54.8 Å². The van der Waals surface area contributed by atoms with Crippen molar-refractivity contribution in [3.63, 3.8) is 0 Å². The highest BCUT2D eigenvalue weighted by Crippen LogP contribution is 2.34. The van der Waals surface area contributed by atoms with Crippen LogP contribution in [-0.2, 0) is 4.79 Å². The van der Waals surface area contributed by atoms with E-state index >= 15 is 0 Å². The summed E-state index contributed by atoms with van der Waals surface area (Å²) in [5, 5.41) is 14.3. The van der Waals surface area contributed by atoms with E-state index in [2.05, 4.69) is 18.4 Å². The van der Waals surface area contributed by atoms with Crippen LogP contribution >= 0.6 is 0 Å². The summed E-state index contributed by atoms with van der Waals surface area (Å²) in [7, 11) is 1.66. The van der Waals surface area contributed by atoms with E-state index in [1.165, 1.54) is 11.6 Å². The number of aromatic nitrogens is 3. The van der Waals surface area contributed by atoms with E-state index in [-0.39, 0.29) is 11.5 Å². The molecule has 2 aromatic heterocycles. The molecule has 0 saturated heterocycles. The molecule has 9 nitrogen and oxygen atoms in total. The fraction of sp³-hybridized carbons (Fsp3) is 0.257. The standard InChI is InChI=1S/C35H36N4O5/c1-20(2)29-18-30(21(3)16-32(29)43-7)33-37-31-11-9-8-10-28(31)34(40)39(33)36-19-25-17-22(4)38(23(25)5)26-12-14-27(15-13-26)44-24(6)35(41)42/h8-20,24H,1-7H3,(H,41,42)/t24-/m1/s1. The number of hydrogen-bond donors (Lipinski definition) is 1. The summed E-state index contributed by atoms with van der Waals surface area (Å²) in [6.07, 6.45) is 0.740. The molecule has 0 aliphatic rings. The minimum atomic E-state index is -1.03. The van der Waals surface area contributed by atoms with E-state index in [1.807, 2.05) is 69.3 Å². The molecule has 0 aliphatic carbocycles. The summed E-state index contributed by atoms with van der Waals surface area (Å²) < 4.78 is 14.6. The molecule has 0 aliphatic heterocycles. The van der Waals surface area contributed by atoms with E-state index < -0.39 is 12.1 Å². The molecule has 0 saturated carbocycles. The molecule has 0 bridgehead atoms. The molecule has 0 fully saturated rings. The molecule has 44 heavy (non-hydrogen) atoms. The van der Waals surface area contributed by atoms with Crippen molar-refractivity contribution < 1.29 is 19.4 Å². The van der Waals surface area contributed by atoms with E-state index in [4.69, 9.17) is 24.7 Å². The van der Waals surface area contributed by atoms with E-state index in [0.29, 0.717) is 22.5 Å². The Kier molecular flexibility index (Phi) is 8.40. The number of rotatable bonds is 9. The Morgan fingerprint density at radius 1 is 1.00 bits per heavy atom. The van der Waals surface area contributed by atoms with Crippen LogP contribution in [0.4, 0.5) is 0 Å². The number of aryl methyl sites for hydroxylation is 2. The predicted octanol–water partition coefficient (Wildman–Crippen LogP) is 6.65. The molecule has 0 unspecified atom stereocenters. The summed E-state index contributed by atoms with van der Waals surface area (Å²) >= 11 is 0. The second kappa shape index (κ2) is 12.2. The van der Waals surface area contributed by atoms with Crippen LogP contribution in [0.5, 0.6) is 11.5 Å². The summed E-state index contributed by atoms with van der Waals surface area (Å²) in [5.41, 5.74) is 6.69. The van der Waals surface area contributed by atoms with Crippen LogP contribution in [0.3, 0.4) is 0 Å². The number of para-hydroxylation sites is 1. The lowest BCUT2D eigenvalue weighted by atomic mass is 9.96. The highest BCUT2D eigenvalue weighted by Gasteiger charge is 2.19. The van der Waals surface area contributed by atoms with Crippen LogP contribution in [-0.4, -0.2) is 44.7 Å². The molecule has 9 heteroatoms. The van der Waals surface area contributed by atoms with Gasteiger partial charge in [-0.2, -0.15) is 9.78 Å². The minimum absolute atomic E-state index is 0.194. The smallest absolute Gasteiger partial charge is 0.344 e. The van der Waals surface area contributed by atoms with Crippen LogP contribution in [0.2, 0.25) is 0 Å². The number of nitrogens with zero attached hydrogens (tertiary/aromatic N) is 4. The molecular weight excluding hydrogens is 556 g/mol. The molecule has 0 radical (unpaired) electrons. The number of carbonyl (C=O) groups is 1. The third kappa shape index (κ3) is 5.73. The number of ether oxygens (including phenoxy) is 2. The van der Waals surface area contributed by atoms with Gasteiger partial charge in [-0.15, -0.1) is 0 Å². The van der Waals surface area contributed by atoms with Gasteiger partial charge in [-0.3, -0.25) is 4.79 Å². The predicted molar refractivity (Wildman–Crippen MR) is 173 cm³/mol. The topological polar surface area (TPSA) is 108 Å². The molecule has 0 amide bonds. The van der Waals surface area contributed by atoms with Crippen molar-refractivity contribution in [2.75, 3.05) is 7.11 Å². The van der Waals surface area contributed by atoms with Gasteiger partial charge in [-0.25, -0.2) is 9.78 Å². The maximum Gasteiger partial charge on any atom is 0.344 e. The maximum atomic E-state index is 13.9. The Morgan fingerprint density at radius 3 is 2.36 bits per heavy atom. The third-order valence-electron chi connectivity index (χ3n) is 7.73. The van der Waals surface area contributed by atoms with Gasteiger partial charge < -0.3 is 19.1 Å². The van der Waals surface area contributed by atoms with Crippen LogP contribution < -0.4 is 15.0 Å². The first-order valence-electron chi connectivity index (χ1n) is 14.4. The Balaban J connectivity index is 1.60. The molecular formula is C35H36N4O5. The number of methoxy groups -OCH3 is 1.